The zero-order valence-corrected chi connectivity index (χ0v) is 43.4. The van der Waals surface area contributed by atoms with Crippen LogP contribution in [0.25, 0.3) is 22.3 Å². The first-order valence-corrected chi connectivity index (χ1v) is 25.9. The number of ether oxygens (including phenoxy) is 3. The summed E-state index contributed by atoms with van der Waals surface area (Å²) in [7, 11) is 3.28. The molecule has 0 spiro atoms. The smallest absolute Gasteiger partial charge is 0.332 e. The van der Waals surface area contributed by atoms with Crippen molar-refractivity contribution in [2.75, 3.05) is 26.4 Å². The Bertz CT molecular complexity index is 2820. The minimum Gasteiger partial charge on any atom is -0.462 e. The van der Waals surface area contributed by atoms with Gasteiger partial charge in [-0.3, -0.25) is 32.4 Å². The maximum absolute atomic E-state index is 13.4. The maximum Gasteiger partial charge on any atom is 0.332 e. The van der Waals surface area contributed by atoms with E-state index in [9.17, 15) is 19.2 Å². The van der Waals surface area contributed by atoms with Crippen LogP contribution in [-0.2, 0) is 49.7 Å². The molecule has 8 rings (SSSR count). The molecular weight excluding hydrogens is 991 g/mol. The maximum atomic E-state index is 13.4. The van der Waals surface area contributed by atoms with Gasteiger partial charge in [-0.15, -0.1) is 0 Å². The number of fused-ring (bicyclic) bond motifs is 2. The van der Waals surface area contributed by atoms with E-state index in [1.54, 1.807) is 35.4 Å². The lowest BCUT2D eigenvalue weighted by atomic mass is 9.98. The van der Waals surface area contributed by atoms with E-state index in [2.05, 4.69) is 25.9 Å². The summed E-state index contributed by atoms with van der Waals surface area (Å²) in [5.74, 6) is 0. The van der Waals surface area contributed by atoms with Crippen molar-refractivity contribution < 1.29 is 19.3 Å². The number of imidazole rings is 2. The van der Waals surface area contributed by atoms with Crippen LogP contribution in [0.3, 0.4) is 0 Å². The van der Waals surface area contributed by atoms with E-state index in [-0.39, 0.29) is 35.2 Å². The van der Waals surface area contributed by atoms with E-state index >= 15 is 0 Å². The first-order valence-electron chi connectivity index (χ1n) is 24.4. The number of nitrogens with zero attached hydrogens (tertiary/aromatic N) is 8. The fourth-order valence-electron chi connectivity index (χ4n) is 8.70. The van der Waals surface area contributed by atoms with E-state index in [4.69, 9.17) is 42.5 Å². The van der Waals surface area contributed by atoms with Crippen molar-refractivity contribution in [1.29, 1.82) is 0 Å². The highest BCUT2D eigenvalue weighted by Crippen LogP contribution is 2.24. The Morgan fingerprint density at radius 2 is 1.04 bits per heavy atom. The summed E-state index contributed by atoms with van der Waals surface area (Å²) >= 11 is 15.4. The Morgan fingerprint density at radius 1 is 0.609 bits per heavy atom. The highest BCUT2D eigenvalue weighted by molar-refractivity contribution is 9.10. The van der Waals surface area contributed by atoms with Crippen LogP contribution in [0.4, 0.5) is 0 Å². The second-order valence-corrected chi connectivity index (χ2v) is 19.3. The van der Waals surface area contributed by atoms with Gasteiger partial charge in [-0.1, -0.05) is 113 Å². The summed E-state index contributed by atoms with van der Waals surface area (Å²) < 4.78 is 26.9. The SMILES string of the molecule is CCCCn1c(=O)c2c(nc(Br)n2Cc2ccc(Cl)cc2)n(C)c1=O.CCCCn1c(=O)c2c(nc(OCCOC3CCCCC3)n2Cc2ccc(Cl)cc2)n(C)c1=O.OCCOC1CCCCC1. The van der Waals surface area contributed by atoms with Gasteiger partial charge in [-0.2, -0.15) is 4.98 Å². The van der Waals surface area contributed by atoms with E-state index in [1.165, 1.54) is 69.6 Å². The number of aryl methyl sites for hydroxylation is 2. The van der Waals surface area contributed by atoms with Crippen molar-refractivity contribution in [3.05, 3.63) is 116 Å². The fraction of sp³-hybridized carbons (Fsp3) is 0.560. The molecule has 0 atom stereocenters. The first-order chi connectivity index (χ1) is 33.4. The molecular formula is C50H67BrCl2N8O8. The second kappa shape index (κ2) is 26.6. The van der Waals surface area contributed by atoms with Crippen molar-refractivity contribution in [2.45, 2.75) is 142 Å². The topological polar surface area (TPSA) is 172 Å². The van der Waals surface area contributed by atoms with Gasteiger partial charge >= 0.3 is 11.4 Å². The third-order valence-corrected chi connectivity index (χ3v) is 13.7. The Morgan fingerprint density at radius 3 is 1.51 bits per heavy atom. The van der Waals surface area contributed by atoms with E-state index in [0.29, 0.717) is 95.2 Å². The van der Waals surface area contributed by atoms with Crippen LogP contribution < -0.4 is 27.2 Å². The average Bonchev–Trinajstić information content (AvgIpc) is 3.89. The molecule has 2 aromatic carbocycles. The van der Waals surface area contributed by atoms with Gasteiger partial charge < -0.3 is 23.9 Å². The van der Waals surface area contributed by atoms with Crippen LogP contribution in [0.5, 0.6) is 6.01 Å². The van der Waals surface area contributed by atoms with Crippen LogP contribution in [-0.4, -0.2) is 81.1 Å². The van der Waals surface area contributed by atoms with Crippen LogP contribution >= 0.6 is 39.1 Å². The molecule has 0 radical (unpaired) electrons. The van der Waals surface area contributed by atoms with E-state index in [1.807, 2.05) is 50.2 Å². The fourth-order valence-corrected chi connectivity index (χ4v) is 9.42. The molecule has 376 valence electrons. The predicted molar refractivity (Wildman–Crippen MR) is 275 cm³/mol. The van der Waals surface area contributed by atoms with Gasteiger partial charge in [0.15, 0.2) is 27.1 Å². The molecule has 2 aliphatic rings. The Hall–Kier alpha value is -4.52. The highest BCUT2D eigenvalue weighted by atomic mass is 79.9. The number of aliphatic hydroxyl groups is 1. The molecule has 0 unspecified atom stereocenters. The van der Waals surface area contributed by atoms with Gasteiger partial charge in [0.05, 0.1) is 45.1 Å². The summed E-state index contributed by atoms with van der Waals surface area (Å²) in [5, 5.41) is 9.77. The lowest BCUT2D eigenvalue weighted by molar-refractivity contribution is 0.00882. The summed E-state index contributed by atoms with van der Waals surface area (Å²) in [4.78, 5) is 60.6. The summed E-state index contributed by atoms with van der Waals surface area (Å²) in [6, 6.07) is 15.1. The minimum absolute atomic E-state index is 0.163. The Labute approximate surface area is 420 Å². The Balaban J connectivity index is 0.000000195. The van der Waals surface area contributed by atoms with E-state index in [0.717, 1.165) is 49.7 Å². The van der Waals surface area contributed by atoms with Crippen LogP contribution in [0.2, 0.25) is 10.0 Å². The number of benzene rings is 2. The molecule has 4 heterocycles. The number of hydrogen-bond acceptors (Lipinski definition) is 10. The molecule has 69 heavy (non-hydrogen) atoms. The van der Waals surface area contributed by atoms with Gasteiger partial charge in [0.2, 0.25) is 0 Å². The number of hydrogen-bond donors (Lipinski definition) is 1. The molecule has 0 aliphatic heterocycles. The van der Waals surface area contributed by atoms with Gasteiger partial charge in [0.25, 0.3) is 17.1 Å². The predicted octanol–water partition coefficient (Wildman–Crippen LogP) is 8.62. The third-order valence-electron chi connectivity index (χ3n) is 12.6. The monoisotopic (exact) mass is 1060 g/mol. The van der Waals surface area contributed by atoms with Crippen molar-refractivity contribution in [1.82, 2.24) is 37.4 Å². The van der Waals surface area contributed by atoms with Crippen molar-refractivity contribution in [3.8, 4) is 6.01 Å². The molecule has 2 aliphatic carbocycles. The van der Waals surface area contributed by atoms with Gasteiger partial charge in [0.1, 0.15) is 6.61 Å². The van der Waals surface area contributed by atoms with Crippen LogP contribution in [0.1, 0.15) is 115 Å². The molecule has 2 fully saturated rings. The van der Waals surface area contributed by atoms with Gasteiger partial charge in [0, 0.05) is 37.2 Å². The standard InChI is InChI=1S/C25H33ClN4O4.C17H18BrClN4O2.C8H16O2/c1-3-4-14-29-23(31)21-22(28(2)25(29)32)27-24(30(21)17-18-10-12-19(26)13-11-18)34-16-15-33-20-8-6-5-7-9-20;1-3-4-9-22-15(24)13-14(21(2)17(22)25)20-16(18)23(13)10-11-5-7-12(19)8-6-11;9-6-7-10-8-4-2-1-3-5-8/h10-13,20H,3-9,14-17H2,1-2H3;5-8H,3-4,9-10H2,1-2H3;8-9H,1-7H2. The molecule has 4 aromatic heterocycles. The molecule has 16 nitrogen and oxygen atoms in total. The number of halogens is 3. The number of unbranched alkanes of at least 4 members (excludes halogenated alkanes) is 2. The van der Waals surface area contributed by atoms with Crippen LogP contribution in [0.15, 0.2) is 72.4 Å². The largest absolute Gasteiger partial charge is 0.462 e. The molecule has 0 amide bonds. The second-order valence-electron chi connectivity index (χ2n) is 17.7. The summed E-state index contributed by atoms with van der Waals surface area (Å²) in [6.07, 6.45) is 16.3. The highest BCUT2D eigenvalue weighted by Gasteiger charge is 2.23. The molecule has 1 N–H and O–H groups in total. The third kappa shape index (κ3) is 14.1. The molecule has 2 saturated carbocycles. The zero-order chi connectivity index (χ0) is 49.5. The van der Waals surface area contributed by atoms with Crippen molar-refractivity contribution in [3.63, 3.8) is 0 Å². The lowest BCUT2D eigenvalue weighted by Gasteiger charge is -2.21. The molecule has 6 aromatic rings. The number of rotatable bonds is 18. The minimum atomic E-state index is -0.366. The molecule has 0 saturated heterocycles. The molecule has 19 heteroatoms. The van der Waals surface area contributed by atoms with Gasteiger partial charge in [-0.05, 0) is 89.8 Å². The normalized spacial score (nSPS) is 14.4. The summed E-state index contributed by atoms with van der Waals surface area (Å²) in [6.45, 7) is 7.10. The van der Waals surface area contributed by atoms with Gasteiger partial charge in [-0.25, -0.2) is 14.6 Å². The van der Waals surface area contributed by atoms with Crippen molar-refractivity contribution in [2.24, 2.45) is 14.1 Å². The average molecular weight is 1060 g/mol. The summed E-state index contributed by atoms with van der Waals surface area (Å²) in [5.41, 5.74) is 2.04. The number of aromatic nitrogens is 8. The van der Waals surface area contributed by atoms with Crippen LogP contribution in [0, 0.1) is 0 Å². The number of aliphatic hydroxyl groups excluding tert-OH is 1. The zero-order valence-electron chi connectivity index (χ0n) is 40.3. The quantitative estimate of drug-likeness (QED) is 0.0649. The lowest BCUT2D eigenvalue weighted by Crippen LogP contribution is -2.39. The first kappa shape index (κ1) is 53.8. The Kier molecular flexibility index (Phi) is 20.8. The molecule has 0 bridgehead atoms. The van der Waals surface area contributed by atoms with E-state index < -0.39 is 0 Å². The van der Waals surface area contributed by atoms with Crippen molar-refractivity contribution >= 4 is 61.5 Å².